The van der Waals surface area contributed by atoms with Crippen LogP contribution in [0.1, 0.15) is 36.5 Å². The van der Waals surface area contributed by atoms with E-state index in [0.717, 1.165) is 11.5 Å². The third kappa shape index (κ3) is 2.82. The number of carbonyl (C=O) groups excluding carboxylic acids is 1. The van der Waals surface area contributed by atoms with Crippen molar-refractivity contribution in [2.75, 3.05) is 5.32 Å². The zero-order valence-corrected chi connectivity index (χ0v) is 11.5. The summed E-state index contributed by atoms with van der Waals surface area (Å²) in [7, 11) is 0. The van der Waals surface area contributed by atoms with Crippen molar-refractivity contribution in [2.24, 2.45) is 5.92 Å². The number of aromatic nitrogens is 2. The first-order valence-electron chi connectivity index (χ1n) is 6.72. The van der Waals surface area contributed by atoms with Crippen molar-refractivity contribution in [3.8, 4) is 0 Å². The lowest BCUT2D eigenvalue weighted by atomic mass is 10.3. The van der Waals surface area contributed by atoms with Crippen molar-refractivity contribution < 1.29 is 9.21 Å². The first-order valence-corrected chi connectivity index (χ1v) is 6.72. The van der Waals surface area contributed by atoms with E-state index in [1.165, 1.54) is 12.5 Å². The van der Waals surface area contributed by atoms with Crippen molar-refractivity contribution in [1.82, 2.24) is 10.2 Å². The lowest BCUT2D eigenvalue weighted by molar-refractivity contribution is -0.111. The number of nitrogens with zero attached hydrogens (tertiary/aromatic N) is 1. The van der Waals surface area contributed by atoms with Gasteiger partial charge in [-0.15, -0.1) is 0 Å². The largest absolute Gasteiger partial charge is 0.461 e. The molecule has 5 heteroatoms. The van der Waals surface area contributed by atoms with Gasteiger partial charge in [-0.2, -0.15) is 5.10 Å². The van der Waals surface area contributed by atoms with Crippen LogP contribution in [-0.4, -0.2) is 16.1 Å². The van der Waals surface area contributed by atoms with Crippen LogP contribution in [0.2, 0.25) is 0 Å². The third-order valence-corrected chi connectivity index (χ3v) is 3.48. The number of anilines is 1. The van der Waals surface area contributed by atoms with Crippen LogP contribution in [-0.2, 0) is 4.79 Å². The number of nitrogens with one attached hydrogen (secondary N) is 2. The molecule has 0 saturated heterocycles. The summed E-state index contributed by atoms with van der Waals surface area (Å²) in [5.41, 5.74) is 0.901. The van der Waals surface area contributed by atoms with Gasteiger partial charge in [0.1, 0.15) is 11.5 Å². The fourth-order valence-corrected chi connectivity index (χ4v) is 2.18. The molecule has 1 amide bonds. The highest BCUT2D eigenvalue weighted by Gasteiger charge is 2.36. The minimum absolute atomic E-state index is 0.228. The standard InChI is InChI=1S/C15H17N3O2/c1-9-7-12(9)13-5-3-11(20-13)4-6-15(19)16-14-8-10(2)17-18-14/h3-6,8-9,12H,7H2,1-2H3,(H2,16,17,18,19). The van der Waals surface area contributed by atoms with Gasteiger partial charge in [0.05, 0.1) is 0 Å². The Hall–Kier alpha value is -2.30. The first kappa shape index (κ1) is 12.7. The molecule has 1 saturated carbocycles. The van der Waals surface area contributed by atoms with E-state index < -0.39 is 0 Å². The predicted molar refractivity (Wildman–Crippen MR) is 76.2 cm³/mol. The monoisotopic (exact) mass is 271 g/mol. The van der Waals surface area contributed by atoms with Gasteiger partial charge in [-0.05, 0) is 37.5 Å². The summed E-state index contributed by atoms with van der Waals surface area (Å²) in [5.74, 6) is 3.27. The highest BCUT2D eigenvalue weighted by atomic mass is 16.3. The predicted octanol–water partition coefficient (Wildman–Crippen LogP) is 3.09. The van der Waals surface area contributed by atoms with Crippen molar-refractivity contribution in [2.45, 2.75) is 26.2 Å². The zero-order valence-electron chi connectivity index (χ0n) is 11.5. The Morgan fingerprint density at radius 1 is 1.55 bits per heavy atom. The van der Waals surface area contributed by atoms with Gasteiger partial charge < -0.3 is 9.73 Å². The maximum atomic E-state index is 11.7. The molecule has 0 aromatic carbocycles. The number of furan rings is 1. The summed E-state index contributed by atoms with van der Waals surface area (Å²) in [6.07, 6.45) is 4.31. The Balaban J connectivity index is 1.59. The van der Waals surface area contributed by atoms with E-state index in [0.29, 0.717) is 23.4 Å². The lowest BCUT2D eigenvalue weighted by Gasteiger charge is -1.94. The van der Waals surface area contributed by atoms with Crippen LogP contribution in [0.15, 0.2) is 28.7 Å². The van der Waals surface area contributed by atoms with E-state index in [1.54, 1.807) is 12.1 Å². The van der Waals surface area contributed by atoms with Gasteiger partial charge in [-0.1, -0.05) is 6.92 Å². The highest BCUT2D eigenvalue weighted by molar-refractivity contribution is 6.01. The molecule has 2 unspecified atom stereocenters. The fourth-order valence-electron chi connectivity index (χ4n) is 2.18. The van der Waals surface area contributed by atoms with Crippen LogP contribution in [0.5, 0.6) is 0 Å². The fraction of sp³-hybridized carbons (Fsp3) is 0.333. The van der Waals surface area contributed by atoms with Crippen LogP contribution < -0.4 is 5.32 Å². The van der Waals surface area contributed by atoms with Crippen LogP contribution >= 0.6 is 0 Å². The summed E-state index contributed by atoms with van der Waals surface area (Å²) < 4.78 is 5.69. The molecule has 0 bridgehead atoms. The Morgan fingerprint density at radius 2 is 2.35 bits per heavy atom. The Bertz CT molecular complexity index is 654. The van der Waals surface area contributed by atoms with Crippen LogP contribution in [0.3, 0.4) is 0 Å². The molecule has 0 radical (unpaired) electrons. The van der Waals surface area contributed by atoms with Gasteiger partial charge in [-0.3, -0.25) is 9.89 Å². The SMILES string of the molecule is Cc1cc(NC(=O)C=Cc2ccc(C3CC3C)o2)n[nH]1. The molecule has 1 aliphatic carbocycles. The number of carbonyl (C=O) groups is 1. The number of hydrogen-bond acceptors (Lipinski definition) is 3. The average Bonchev–Trinajstić information content (AvgIpc) is 2.82. The second kappa shape index (κ2) is 5.00. The van der Waals surface area contributed by atoms with Gasteiger partial charge in [-0.25, -0.2) is 0 Å². The number of rotatable bonds is 4. The molecule has 2 aromatic rings. The third-order valence-electron chi connectivity index (χ3n) is 3.48. The maximum absolute atomic E-state index is 11.7. The van der Waals surface area contributed by atoms with E-state index in [1.807, 2.05) is 19.1 Å². The summed E-state index contributed by atoms with van der Waals surface area (Å²) >= 11 is 0. The molecule has 20 heavy (non-hydrogen) atoms. The van der Waals surface area contributed by atoms with Crippen LogP contribution in [0.25, 0.3) is 6.08 Å². The van der Waals surface area contributed by atoms with Gasteiger partial charge in [0.25, 0.3) is 0 Å². The van der Waals surface area contributed by atoms with E-state index in [2.05, 4.69) is 22.4 Å². The van der Waals surface area contributed by atoms with Gasteiger partial charge in [0.2, 0.25) is 5.91 Å². The van der Waals surface area contributed by atoms with Crippen molar-refractivity contribution in [3.05, 3.63) is 41.5 Å². The van der Waals surface area contributed by atoms with Crippen LogP contribution in [0.4, 0.5) is 5.82 Å². The molecule has 1 fully saturated rings. The highest BCUT2D eigenvalue weighted by Crippen LogP contribution is 2.47. The Kier molecular flexibility index (Phi) is 3.18. The second-order valence-corrected chi connectivity index (χ2v) is 5.32. The quantitative estimate of drug-likeness (QED) is 0.839. The summed E-state index contributed by atoms with van der Waals surface area (Å²) in [6, 6.07) is 5.65. The van der Waals surface area contributed by atoms with Crippen LogP contribution in [0, 0.1) is 12.8 Å². The van der Waals surface area contributed by atoms with Gasteiger partial charge in [0, 0.05) is 23.8 Å². The lowest BCUT2D eigenvalue weighted by Crippen LogP contribution is -2.07. The average molecular weight is 271 g/mol. The maximum Gasteiger partial charge on any atom is 0.249 e. The molecule has 1 aliphatic rings. The number of hydrogen-bond donors (Lipinski definition) is 2. The minimum atomic E-state index is -0.228. The Labute approximate surface area is 117 Å². The number of aryl methyl sites for hydroxylation is 1. The topological polar surface area (TPSA) is 70.9 Å². The first-order chi connectivity index (χ1) is 9.61. The van der Waals surface area contributed by atoms with Crippen molar-refractivity contribution in [3.63, 3.8) is 0 Å². The number of aromatic amines is 1. The molecule has 0 spiro atoms. The molecule has 2 atom stereocenters. The molecule has 0 aliphatic heterocycles. The smallest absolute Gasteiger partial charge is 0.249 e. The molecular weight excluding hydrogens is 254 g/mol. The molecule has 2 heterocycles. The molecule has 5 nitrogen and oxygen atoms in total. The second-order valence-electron chi connectivity index (χ2n) is 5.32. The summed E-state index contributed by atoms with van der Waals surface area (Å²) in [4.78, 5) is 11.7. The van der Waals surface area contributed by atoms with E-state index in [4.69, 9.17) is 4.42 Å². The molecule has 2 N–H and O–H groups in total. The molecular formula is C15H17N3O2. The van der Waals surface area contributed by atoms with Crippen molar-refractivity contribution >= 4 is 17.8 Å². The Morgan fingerprint density at radius 3 is 3.00 bits per heavy atom. The summed E-state index contributed by atoms with van der Waals surface area (Å²) in [5, 5.41) is 9.38. The molecule has 104 valence electrons. The normalized spacial score (nSPS) is 21.3. The number of H-pyrrole nitrogens is 1. The van der Waals surface area contributed by atoms with Gasteiger partial charge in [0.15, 0.2) is 5.82 Å². The van der Waals surface area contributed by atoms with E-state index >= 15 is 0 Å². The summed E-state index contributed by atoms with van der Waals surface area (Å²) in [6.45, 7) is 4.09. The van der Waals surface area contributed by atoms with Crippen molar-refractivity contribution in [1.29, 1.82) is 0 Å². The number of amides is 1. The molecule has 2 aromatic heterocycles. The molecule has 3 rings (SSSR count). The van der Waals surface area contributed by atoms with Gasteiger partial charge >= 0.3 is 0 Å². The van der Waals surface area contributed by atoms with E-state index in [-0.39, 0.29) is 5.91 Å². The minimum Gasteiger partial charge on any atom is -0.461 e. The van der Waals surface area contributed by atoms with E-state index in [9.17, 15) is 4.79 Å². The zero-order chi connectivity index (χ0) is 14.1.